The van der Waals surface area contributed by atoms with Crippen molar-refractivity contribution in [3.8, 4) is 10.4 Å². The molecule has 36 heavy (non-hydrogen) atoms. The highest BCUT2D eigenvalue weighted by Crippen LogP contribution is 2.42. The predicted octanol–water partition coefficient (Wildman–Crippen LogP) is 3.14. The number of likely N-dealkylation sites (tertiary alicyclic amines) is 1. The zero-order valence-corrected chi connectivity index (χ0v) is 21.3. The van der Waals surface area contributed by atoms with E-state index in [0.29, 0.717) is 17.9 Å². The van der Waals surface area contributed by atoms with Crippen LogP contribution in [-0.4, -0.2) is 74.3 Å². The molecule has 2 amide bonds. The molecule has 0 aromatic carbocycles. The second kappa shape index (κ2) is 10.7. The average molecular weight is 530 g/mol. The first-order valence-electron chi connectivity index (χ1n) is 11.5. The quantitative estimate of drug-likeness (QED) is 0.434. The summed E-state index contributed by atoms with van der Waals surface area (Å²) in [6.45, 7) is 6.74. The van der Waals surface area contributed by atoms with Crippen molar-refractivity contribution in [1.82, 2.24) is 20.2 Å². The highest BCUT2D eigenvalue weighted by molar-refractivity contribution is 7.17. The number of thiazole rings is 1. The Morgan fingerprint density at radius 3 is 2.56 bits per heavy atom. The van der Waals surface area contributed by atoms with Crippen molar-refractivity contribution in [2.24, 2.45) is 0 Å². The Bertz CT molecular complexity index is 1120. The van der Waals surface area contributed by atoms with Crippen LogP contribution in [0, 0.1) is 0 Å². The minimum Gasteiger partial charge on any atom is -0.394 e. The van der Waals surface area contributed by atoms with E-state index in [9.17, 15) is 27.9 Å². The lowest BCUT2D eigenvalue weighted by Gasteiger charge is -2.23. The first kappa shape index (κ1) is 27.8. The van der Waals surface area contributed by atoms with Gasteiger partial charge >= 0.3 is 6.18 Å². The molecule has 9 nitrogen and oxygen atoms in total. The van der Waals surface area contributed by atoms with Crippen LogP contribution in [0.5, 0.6) is 0 Å². The van der Waals surface area contributed by atoms with Gasteiger partial charge in [-0.2, -0.15) is 13.2 Å². The molecule has 0 spiro atoms. The maximum absolute atomic E-state index is 14.2. The molecular formula is C23H30F3N5O4S. The van der Waals surface area contributed by atoms with Gasteiger partial charge in [-0.3, -0.25) is 9.59 Å². The number of hydrogen-bond acceptors (Lipinski definition) is 8. The Kier molecular flexibility index (Phi) is 8.26. The molecule has 1 saturated heterocycles. The second-order valence-corrected chi connectivity index (χ2v) is 10.7. The van der Waals surface area contributed by atoms with E-state index in [1.165, 1.54) is 4.90 Å². The van der Waals surface area contributed by atoms with Crippen LogP contribution >= 0.6 is 11.3 Å². The summed E-state index contributed by atoms with van der Waals surface area (Å²) in [4.78, 5) is 35.7. The topological polar surface area (TPSA) is 128 Å². The Balaban J connectivity index is 2.12. The van der Waals surface area contributed by atoms with Gasteiger partial charge in [0.1, 0.15) is 11.5 Å². The maximum Gasteiger partial charge on any atom is 0.417 e. The minimum atomic E-state index is -4.77. The van der Waals surface area contributed by atoms with Crippen molar-refractivity contribution in [3.05, 3.63) is 28.5 Å². The van der Waals surface area contributed by atoms with Crippen LogP contribution in [0.4, 0.5) is 19.0 Å². The van der Waals surface area contributed by atoms with Crippen LogP contribution in [0.3, 0.4) is 0 Å². The number of halogens is 3. The summed E-state index contributed by atoms with van der Waals surface area (Å²) in [5.41, 5.74) is -2.17. The number of pyridine rings is 1. The largest absolute Gasteiger partial charge is 0.417 e. The molecule has 0 radical (unpaired) electrons. The normalized spacial score (nSPS) is 17.2. The first-order chi connectivity index (χ1) is 16.7. The summed E-state index contributed by atoms with van der Waals surface area (Å²) in [5, 5.41) is 23.5. The van der Waals surface area contributed by atoms with Gasteiger partial charge in [-0.25, -0.2) is 9.97 Å². The van der Waals surface area contributed by atoms with E-state index in [-0.39, 0.29) is 39.5 Å². The van der Waals surface area contributed by atoms with E-state index in [1.807, 2.05) is 6.92 Å². The molecule has 2 atom stereocenters. The lowest BCUT2D eigenvalue weighted by molar-refractivity contribution is -0.137. The molecule has 0 saturated carbocycles. The number of anilines is 1. The van der Waals surface area contributed by atoms with Crippen molar-refractivity contribution in [2.75, 3.05) is 25.0 Å². The molecule has 1 fully saturated rings. The number of nitrogens with zero attached hydrogens (tertiary/aromatic N) is 3. The first-order valence-corrected chi connectivity index (χ1v) is 12.3. The van der Waals surface area contributed by atoms with Gasteiger partial charge in [0.25, 0.3) is 11.8 Å². The molecule has 0 bridgehead atoms. The highest BCUT2D eigenvalue weighted by Gasteiger charge is 2.38. The second-order valence-electron chi connectivity index (χ2n) is 9.72. The van der Waals surface area contributed by atoms with E-state index in [4.69, 9.17) is 5.11 Å². The fourth-order valence-electron chi connectivity index (χ4n) is 3.79. The van der Waals surface area contributed by atoms with E-state index in [0.717, 1.165) is 25.1 Å². The summed E-state index contributed by atoms with van der Waals surface area (Å²) in [6.07, 6.45) is -3.46. The van der Waals surface area contributed by atoms with Crippen molar-refractivity contribution in [3.63, 3.8) is 0 Å². The standard InChI is InChI=1S/C23H30F3N5O4S/c1-12-6-5-7-31(12)21(35)17-18(36-20(29-17)19(34)28-9-13(33)11-32)14-10-27-16(30-22(2,3)4)8-15(14)23(24,25)26/h8,10,12-13,32-33H,5-7,9,11H2,1-4H3,(H,27,30)(H,28,34)/t12-,13?/m0/s1. The molecule has 2 aromatic rings. The SMILES string of the molecule is C[C@H]1CCCN1C(=O)c1nc(C(=O)NCC(O)CO)sc1-c1cnc(NC(C)(C)C)cc1C(F)(F)F. The summed E-state index contributed by atoms with van der Waals surface area (Å²) in [7, 11) is 0. The number of aliphatic hydroxyl groups excluding tert-OH is 2. The Morgan fingerprint density at radius 2 is 2.00 bits per heavy atom. The number of rotatable bonds is 7. The Morgan fingerprint density at radius 1 is 1.31 bits per heavy atom. The van der Waals surface area contributed by atoms with E-state index in [2.05, 4.69) is 20.6 Å². The number of aromatic nitrogens is 2. The molecule has 0 aliphatic carbocycles. The van der Waals surface area contributed by atoms with Gasteiger partial charge < -0.3 is 25.7 Å². The number of aliphatic hydroxyl groups is 2. The molecule has 4 N–H and O–H groups in total. The molecule has 1 aliphatic rings. The average Bonchev–Trinajstić information content (AvgIpc) is 3.41. The fourth-order valence-corrected chi connectivity index (χ4v) is 4.79. The van der Waals surface area contributed by atoms with Gasteiger partial charge in [-0.1, -0.05) is 0 Å². The summed E-state index contributed by atoms with van der Waals surface area (Å²) < 4.78 is 42.5. The van der Waals surface area contributed by atoms with Crippen LogP contribution in [0.2, 0.25) is 0 Å². The zero-order chi connectivity index (χ0) is 26.8. The fraction of sp³-hybridized carbons (Fsp3) is 0.565. The van der Waals surface area contributed by atoms with Crippen molar-refractivity contribution < 1.29 is 33.0 Å². The van der Waals surface area contributed by atoms with Crippen LogP contribution in [0.1, 0.15) is 66.4 Å². The summed E-state index contributed by atoms with van der Waals surface area (Å²) >= 11 is 0.642. The molecule has 1 unspecified atom stereocenters. The van der Waals surface area contributed by atoms with Crippen molar-refractivity contribution in [1.29, 1.82) is 0 Å². The van der Waals surface area contributed by atoms with Gasteiger partial charge in [-0.15, -0.1) is 11.3 Å². The number of hydrogen-bond donors (Lipinski definition) is 4. The number of carbonyl (C=O) groups is 2. The molecular weight excluding hydrogens is 499 g/mol. The van der Waals surface area contributed by atoms with E-state index < -0.39 is 41.8 Å². The van der Waals surface area contributed by atoms with Crippen LogP contribution in [0.15, 0.2) is 12.3 Å². The highest BCUT2D eigenvalue weighted by atomic mass is 32.1. The van der Waals surface area contributed by atoms with Gasteiger partial charge in [0.2, 0.25) is 0 Å². The lowest BCUT2D eigenvalue weighted by atomic mass is 10.1. The third-order valence-corrected chi connectivity index (χ3v) is 6.59. The van der Waals surface area contributed by atoms with Crippen molar-refractivity contribution >= 4 is 29.0 Å². The third-order valence-electron chi connectivity index (χ3n) is 5.50. The Labute approximate surface area is 210 Å². The summed E-state index contributed by atoms with van der Waals surface area (Å²) in [6, 6.07) is 0.757. The minimum absolute atomic E-state index is 0.0140. The van der Waals surface area contributed by atoms with Crippen LogP contribution in [-0.2, 0) is 6.18 Å². The number of nitrogens with one attached hydrogen (secondary N) is 2. The van der Waals surface area contributed by atoms with Gasteiger partial charge in [0, 0.05) is 36.4 Å². The van der Waals surface area contributed by atoms with Gasteiger partial charge in [0.15, 0.2) is 5.01 Å². The van der Waals surface area contributed by atoms with Crippen molar-refractivity contribution in [2.45, 2.75) is 64.4 Å². The Hall–Kier alpha value is -2.77. The monoisotopic (exact) mass is 529 g/mol. The van der Waals surface area contributed by atoms with E-state index in [1.54, 1.807) is 20.8 Å². The van der Waals surface area contributed by atoms with E-state index >= 15 is 0 Å². The molecule has 2 aromatic heterocycles. The molecule has 3 rings (SSSR count). The number of amides is 2. The predicted molar refractivity (Wildman–Crippen MR) is 129 cm³/mol. The van der Waals surface area contributed by atoms with Gasteiger partial charge in [-0.05, 0) is 46.6 Å². The molecule has 13 heteroatoms. The third kappa shape index (κ3) is 6.51. The van der Waals surface area contributed by atoms with Crippen LogP contribution < -0.4 is 10.6 Å². The summed E-state index contributed by atoms with van der Waals surface area (Å²) in [5.74, 6) is -1.33. The van der Waals surface area contributed by atoms with Gasteiger partial charge in [0.05, 0.1) is 23.2 Å². The molecule has 3 heterocycles. The number of carbonyl (C=O) groups excluding carboxylic acids is 2. The zero-order valence-electron chi connectivity index (χ0n) is 20.4. The lowest BCUT2D eigenvalue weighted by Crippen LogP contribution is -2.35. The molecule has 198 valence electrons. The van der Waals surface area contributed by atoms with Crippen LogP contribution in [0.25, 0.3) is 10.4 Å². The maximum atomic E-state index is 14.2. The molecule has 1 aliphatic heterocycles. The smallest absolute Gasteiger partial charge is 0.394 e. The number of alkyl halides is 3.